The molecule has 0 heterocycles. The minimum Gasteiger partial charge on any atom is -0.426 e. The molecule has 0 radical (unpaired) electrons. The summed E-state index contributed by atoms with van der Waals surface area (Å²) in [6.07, 6.45) is -1.57. The van der Waals surface area contributed by atoms with Gasteiger partial charge in [-0.25, -0.2) is 0 Å². The highest BCUT2D eigenvalue weighted by atomic mass is 32.2. The number of carbonyl (C=O) groups excluding carboxylic acids is 2. The van der Waals surface area contributed by atoms with E-state index in [-0.39, 0.29) is 0 Å². The molecule has 0 saturated heterocycles. The fraction of sp³-hybridized carbons (Fsp3) is 0.500. The number of hydrogen-bond acceptors (Lipinski definition) is 18. The summed E-state index contributed by atoms with van der Waals surface area (Å²) in [5, 5.41) is 36.5. The van der Waals surface area contributed by atoms with Gasteiger partial charge in [-0.05, 0) is 12.1 Å². The van der Waals surface area contributed by atoms with Gasteiger partial charge in [-0.3, -0.25) is 14.1 Å². The fourth-order valence-corrected chi connectivity index (χ4v) is 3.27. The zero-order chi connectivity index (χ0) is 30.5. The van der Waals surface area contributed by atoms with Gasteiger partial charge in [-0.1, -0.05) is 0 Å². The predicted octanol–water partition coefficient (Wildman–Crippen LogP) is -0.410. The van der Waals surface area contributed by atoms with Gasteiger partial charge in [0.2, 0.25) is 0 Å². The molecule has 0 aliphatic heterocycles. The van der Waals surface area contributed by atoms with Gasteiger partial charge in [-0.15, -0.1) is 40.5 Å². The first-order valence-corrected chi connectivity index (χ1v) is 11.6. The Labute approximate surface area is 220 Å². The predicted molar refractivity (Wildman–Crippen MR) is 116 cm³/mol. The molecular weight excluding hydrogens is 584 g/mol. The summed E-state index contributed by atoms with van der Waals surface area (Å²) in [5.41, 5.74) is 0. The smallest absolute Gasteiger partial charge is 0.311 e. The van der Waals surface area contributed by atoms with Crippen molar-refractivity contribution in [2.24, 2.45) is 11.8 Å². The lowest BCUT2D eigenvalue weighted by molar-refractivity contribution is -0.768. The van der Waals surface area contributed by atoms with E-state index in [1.807, 2.05) is 0 Å². The zero-order valence-corrected chi connectivity index (χ0v) is 20.4. The lowest BCUT2D eigenvalue weighted by Crippen LogP contribution is -2.25. The molecule has 1 rings (SSSR count). The Balaban J connectivity index is 3.01. The molecular formula is C16H18N4O19S. The molecule has 1 N–H and O–H groups in total. The van der Waals surface area contributed by atoms with Crippen molar-refractivity contribution in [1.82, 2.24) is 0 Å². The molecule has 0 saturated carbocycles. The molecule has 222 valence electrons. The van der Waals surface area contributed by atoms with Gasteiger partial charge in [0.1, 0.15) is 37.1 Å². The number of ether oxygens (including phenoxy) is 2. The van der Waals surface area contributed by atoms with Crippen LogP contribution >= 0.6 is 0 Å². The van der Waals surface area contributed by atoms with E-state index in [4.69, 9.17) is 9.47 Å². The highest BCUT2D eigenvalue weighted by Crippen LogP contribution is 2.29. The van der Waals surface area contributed by atoms with Crippen molar-refractivity contribution in [3.63, 3.8) is 0 Å². The molecule has 24 heteroatoms. The first-order valence-electron chi connectivity index (χ1n) is 10.2. The third kappa shape index (κ3) is 13.4. The minimum atomic E-state index is -5.15. The van der Waals surface area contributed by atoms with Gasteiger partial charge >= 0.3 is 11.9 Å². The molecule has 0 aliphatic rings. The summed E-state index contributed by atoms with van der Waals surface area (Å²) < 4.78 is 42.8. The standard InChI is InChI=1S/C16H18N4O19S/c21-15(3-10(6-34-17(23)24)7-35-18(25)26)38-12-1-2-13(14(5-12)40(31,32)33)39-16(22)4-11(8-36-19(27)28)9-37-20(29)30/h1-2,5,10-11H,3-4,6-9H2,(H,31,32,33). The Kier molecular flexibility index (Phi) is 12.6. The van der Waals surface area contributed by atoms with Crippen LogP contribution in [-0.2, 0) is 39.1 Å². The molecule has 23 nitrogen and oxygen atoms in total. The van der Waals surface area contributed by atoms with Crippen LogP contribution in [0.1, 0.15) is 12.8 Å². The van der Waals surface area contributed by atoms with Gasteiger partial charge in [0.25, 0.3) is 30.5 Å². The second-order valence-electron chi connectivity index (χ2n) is 7.25. The second kappa shape index (κ2) is 15.3. The Bertz CT molecular complexity index is 1180. The highest BCUT2D eigenvalue weighted by Gasteiger charge is 2.25. The molecule has 0 aliphatic carbocycles. The quantitative estimate of drug-likeness (QED) is 0.0691. The average molecular weight is 602 g/mol. The molecule has 0 bridgehead atoms. The van der Waals surface area contributed by atoms with Gasteiger partial charge < -0.3 is 28.8 Å². The van der Waals surface area contributed by atoms with E-state index in [0.717, 1.165) is 12.1 Å². The second-order valence-corrected chi connectivity index (χ2v) is 8.64. The Morgan fingerprint density at radius 2 is 1.10 bits per heavy atom. The summed E-state index contributed by atoms with van der Waals surface area (Å²) in [5.74, 6) is -6.42. The van der Waals surface area contributed by atoms with Crippen LogP contribution in [0.3, 0.4) is 0 Å². The van der Waals surface area contributed by atoms with Crippen molar-refractivity contribution < 1.29 is 71.7 Å². The van der Waals surface area contributed by atoms with Crippen molar-refractivity contribution in [2.75, 3.05) is 26.4 Å². The lowest BCUT2D eigenvalue weighted by Gasteiger charge is -2.15. The van der Waals surface area contributed by atoms with Crippen molar-refractivity contribution in [3.05, 3.63) is 58.7 Å². The summed E-state index contributed by atoms with van der Waals surface area (Å²) in [7, 11) is -5.15. The molecule has 0 fully saturated rings. The number of rotatable bonds is 19. The van der Waals surface area contributed by atoms with E-state index < -0.39 is 110 Å². The molecule has 1 aromatic carbocycles. The van der Waals surface area contributed by atoms with E-state index in [9.17, 15) is 63.0 Å². The van der Waals surface area contributed by atoms with Crippen LogP contribution in [0.2, 0.25) is 0 Å². The summed E-state index contributed by atoms with van der Waals surface area (Å²) in [6.45, 7) is -3.28. The van der Waals surface area contributed by atoms with Gasteiger partial charge in [-0.2, -0.15) is 8.42 Å². The number of nitrogens with zero attached hydrogens (tertiary/aromatic N) is 4. The van der Waals surface area contributed by atoms with Gasteiger partial charge in [0.15, 0.2) is 5.75 Å². The van der Waals surface area contributed by atoms with E-state index in [1.54, 1.807) is 0 Å². The summed E-state index contributed by atoms with van der Waals surface area (Å²) in [6, 6.07) is 2.17. The molecule has 0 atom stereocenters. The molecule has 0 aromatic heterocycles. The average Bonchev–Trinajstić information content (AvgIpc) is 2.82. The summed E-state index contributed by atoms with van der Waals surface area (Å²) in [4.78, 5) is 80.9. The van der Waals surface area contributed by atoms with Crippen LogP contribution in [0.5, 0.6) is 11.5 Å². The first-order chi connectivity index (χ1) is 18.6. The van der Waals surface area contributed by atoms with Crippen molar-refractivity contribution >= 4 is 22.1 Å². The van der Waals surface area contributed by atoms with E-state index in [1.165, 1.54) is 0 Å². The molecule has 0 spiro atoms. The van der Waals surface area contributed by atoms with Crippen LogP contribution in [0.25, 0.3) is 0 Å². The number of carbonyl (C=O) groups is 2. The molecule has 40 heavy (non-hydrogen) atoms. The van der Waals surface area contributed by atoms with Crippen molar-refractivity contribution in [1.29, 1.82) is 0 Å². The third-order valence-electron chi connectivity index (χ3n) is 4.22. The highest BCUT2D eigenvalue weighted by molar-refractivity contribution is 7.86. The number of benzene rings is 1. The molecule has 0 amide bonds. The maximum absolute atomic E-state index is 12.2. The maximum atomic E-state index is 12.2. The van der Waals surface area contributed by atoms with Crippen LogP contribution in [-0.4, -0.2) is 71.7 Å². The third-order valence-corrected chi connectivity index (χ3v) is 5.10. The monoisotopic (exact) mass is 602 g/mol. The van der Waals surface area contributed by atoms with Gasteiger partial charge in [0, 0.05) is 17.9 Å². The normalized spacial score (nSPS) is 10.9. The first kappa shape index (κ1) is 32.9. The van der Waals surface area contributed by atoms with Crippen LogP contribution in [0.4, 0.5) is 0 Å². The fourth-order valence-electron chi connectivity index (χ4n) is 2.64. The summed E-state index contributed by atoms with van der Waals surface area (Å²) >= 11 is 0. The van der Waals surface area contributed by atoms with Crippen LogP contribution in [0.15, 0.2) is 23.1 Å². The maximum Gasteiger partial charge on any atom is 0.311 e. The molecule has 0 unspecified atom stereocenters. The Hall–Kier alpha value is -5.13. The minimum absolute atomic E-state index is 0.537. The van der Waals surface area contributed by atoms with E-state index in [0.29, 0.717) is 6.07 Å². The molecule has 1 aromatic rings. The SMILES string of the molecule is O=C(CC(CO[N+](=O)[O-])CO[N+](=O)[O-])Oc1ccc(OC(=O)CC(CO[N+](=O)[O-])CO[N+](=O)[O-])c(S(=O)(=O)O)c1. The zero-order valence-electron chi connectivity index (χ0n) is 19.6. The Morgan fingerprint density at radius 3 is 1.45 bits per heavy atom. The number of hydrogen-bond donors (Lipinski definition) is 1. The van der Waals surface area contributed by atoms with Crippen LogP contribution < -0.4 is 9.47 Å². The van der Waals surface area contributed by atoms with Gasteiger partial charge in [0.05, 0.1) is 12.8 Å². The van der Waals surface area contributed by atoms with E-state index in [2.05, 4.69) is 19.4 Å². The largest absolute Gasteiger partial charge is 0.426 e. The topological polar surface area (TPSA) is 316 Å². The Morgan fingerprint density at radius 1 is 0.725 bits per heavy atom. The van der Waals surface area contributed by atoms with Crippen LogP contribution in [0, 0.1) is 52.3 Å². The van der Waals surface area contributed by atoms with Crippen molar-refractivity contribution in [3.8, 4) is 11.5 Å². The van der Waals surface area contributed by atoms with Crippen molar-refractivity contribution in [2.45, 2.75) is 17.7 Å². The number of esters is 2. The van der Waals surface area contributed by atoms with E-state index >= 15 is 0 Å². The lowest BCUT2D eigenvalue weighted by atomic mass is 10.1.